The second-order valence-electron chi connectivity index (χ2n) is 5.90. The summed E-state index contributed by atoms with van der Waals surface area (Å²) in [5.41, 5.74) is 1.24. The molecule has 1 saturated heterocycles. The van der Waals surface area contributed by atoms with E-state index in [2.05, 4.69) is 0 Å². The molecule has 5 nitrogen and oxygen atoms in total. The highest BCUT2D eigenvalue weighted by molar-refractivity contribution is 6.31. The average molecular weight is 324 g/mol. The Morgan fingerprint density at radius 3 is 2.64 bits per heavy atom. The number of hydrogen-bond donors (Lipinski definition) is 0. The van der Waals surface area contributed by atoms with Crippen molar-refractivity contribution < 1.29 is 19.1 Å². The first-order valence-electron chi connectivity index (χ1n) is 7.37. The van der Waals surface area contributed by atoms with Crippen molar-refractivity contribution in [2.75, 3.05) is 13.1 Å². The number of carbonyl (C=O) groups excluding carboxylic acids is 2. The summed E-state index contributed by atoms with van der Waals surface area (Å²) in [6.45, 7) is 4.90. The minimum absolute atomic E-state index is 0.0157. The van der Waals surface area contributed by atoms with Crippen molar-refractivity contribution in [3.05, 3.63) is 34.3 Å². The van der Waals surface area contributed by atoms with Crippen LogP contribution in [0.3, 0.4) is 0 Å². The van der Waals surface area contributed by atoms with Crippen LogP contribution >= 0.6 is 11.6 Å². The van der Waals surface area contributed by atoms with Crippen LogP contribution < -0.4 is 0 Å². The molecule has 1 aromatic carbocycles. The summed E-state index contributed by atoms with van der Waals surface area (Å²) >= 11 is 5.90. The van der Waals surface area contributed by atoms with E-state index in [4.69, 9.17) is 21.1 Å². The summed E-state index contributed by atoms with van der Waals surface area (Å²) in [5, 5.41) is 0.483. The molecule has 0 aromatic heterocycles. The monoisotopic (exact) mass is 323 g/mol. The summed E-state index contributed by atoms with van der Waals surface area (Å²) < 4.78 is 11.0. The van der Waals surface area contributed by atoms with Gasteiger partial charge in [0.05, 0.1) is 17.8 Å². The van der Waals surface area contributed by atoms with E-state index >= 15 is 0 Å². The fourth-order valence-corrected chi connectivity index (χ4v) is 3.22. The normalized spacial score (nSPS) is 28.0. The zero-order valence-corrected chi connectivity index (χ0v) is 13.3. The van der Waals surface area contributed by atoms with Gasteiger partial charge in [-0.05, 0) is 31.5 Å². The molecule has 0 aliphatic carbocycles. The van der Waals surface area contributed by atoms with Crippen molar-refractivity contribution in [1.82, 2.24) is 4.90 Å². The smallest absolute Gasteiger partial charge is 0.339 e. The van der Waals surface area contributed by atoms with Crippen molar-refractivity contribution in [2.24, 2.45) is 0 Å². The van der Waals surface area contributed by atoms with E-state index in [0.29, 0.717) is 30.1 Å². The molecule has 2 aliphatic heterocycles. The fraction of sp³-hybridized carbons (Fsp3) is 0.500. The highest BCUT2D eigenvalue weighted by atomic mass is 35.5. The van der Waals surface area contributed by atoms with Crippen molar-refractivity contribution >= 4 is 23.5 Å². The first-order valence-corrected chi connectivity index (χ1v) is 7.75. The minimum Gasteiger partial charge on any atom is -0.448 e. The molecule has 0 saturated carbocycles. The SMILES string of the molecule is C[C@@H]1CN(C(=O)[C@@H]2Cc3ccc(Cl)cc3C(=O)O2)C[C@@H](C)O1. The molecule has 3 rings (SSSR count). The van der Waals surface area contributed by atoms with E-state index in [1.54, 1.807) is 23.1 Å². The molecule has 118 valence electrons. The number of esters is 1. The number of benzene rings is 1. The Bertz CT molecular complexity index is 608. The zero-order chi connectivity index (χ0) is 15.9. The first kappa shape index (κ1) is 15.3. The van der Waals surface area contributed by atoms with E-state index in [-0.39, 0.29) is 18.1 Å². The third-order valence-corrected chi connectivity index (χ3v) is 4.19. The lowest BCUT2D eigenvalue weighted by atomic mass is 9.97. The Balaban J connectivity index is 1.77. The van der Waals surface area contributed by atoms with Gasteiger partial charge in [-0.15, -0.1) is 0 Å². The Morgan fingerprint density at radius 1 is 1.27 bits per heavy atom. The summed E-state index contributed by atoms with van der Waals surface area (Å²) in [6, 6.07) is 5.08. The highest BCUT2D eigenvalue weighted by Crippen LogP contribution is 2.25. The minimum atomic E-state index is -0.765. The van der Waals surface area contributed by atoms with Gasteiger partial charge in [0.25, 0.3) is 5.91 Å². The van der Waals surface area contributed by atoms with Gasteiger partial charge in [0.15, 0.2) is 6.10 Å². The number of morpholine rings is 1. The molecule has 0 N–H and O–H groups in total. The second kappa shape index (κ2) is 5.89. The third-order valence-electron chi connectivity index (χ3n) is 3.95. The van der Waals surface area contributed by atoms with Gasteiger partial charge < -0.3 is 14.4 Å². The molecule has 1 amide bonds. The first-order chi connectivity index (χ1) is 10.4. The van der Waals surface area contributed by atoms with Crippen LogP contribution in [-0.4, -0.2) is 48.2 Å². The topological polar surface area (TPSA) is 55.8 Å². The molecule has 6 heteroatoms. The quantitative estimate of drug-likeness (QED) is 0.742. The predicted octanol–water partition coefficient (Wildman–Crippen LogP) is 2.06. The van der Waals surface area contributed by atoms with Crippen molar-refractivity contribution in [2.45, 2.75) is 38.6 Å². The summed E-state index contributed by atoms with van der Waals surface area (Å²) in [4.78, 5) is 26.4. The van der Waals surface area contributed by atoms with Crippen LogP contribution in [0.5, 0.6) is 0 Å². The molecule has 2 aliphatic rings. The summed E-state index contributed by atoms with van der Waals surface area (Å²) in [6.07, 6.45) is -0.410. The molecule has 2 heterocycles. The van der Waals surface area contributed by atoms with Crippen LogP contribution in [0.1, 0.15) is 29.8 Å². The molecular weight excluding hydrogens is 306 g/mol. The van der Waals surface area contributed by atoms with Gasteiger partial charge in [-0.25, -0.2) is 4.79 Å². The summed E-state index contributed by atoms with van der Waals surface area (Å²) in [7, 11) is 0. The fourth-order valence-electron chi connectivity index (χ4n) is 3.05. The second-order valence-corrected chi connectivity index (χ2v) is 6.34. The number of halogens is 1. The predicted molar refractivity (Wildman–Crippen MR) is 80.9 cm³/mol. The molecule has 0 bridgehead atoms. The zero-order valence-electron chi connectivity index (χ0n) is 12.5. The van der Waals surface area contributed by atoms with Crippen LogP contribution in [-0.2, 0) is 20.7 Å². The van der Waals surface area contributed by atoms with Crippen molar-refractivity contribution in [3.8, 4) is 0 Å². The molecular formula is C16H18ClNO4. The number of carbonyl (C=O) groups is 2. The largest absolute Gasteiger partial charge is 0.448 e. The maximum absolute atomic E-state index is 12.6. The maximum Gasteiger partial charge on any atom is 0.339 e. The van der Waals surface area contributed by atoms with E-state index in [1.807, 2.05) is 13.8 Å². The van der Waals surface area contributed by atoms with Gasteiger partial charge in [-0.1, -0.05) is 17.7 Å². The maximum atomic E-state index is 12.6. The number of cyclic esters (lactones) is 1. The van der Waals surface area contributed by atoms with Crippen LogP contribution in [0, 0.1) is 0 Å². The number of fused-ring (bicyclic) bond motifs is 1. The molecule has 1 fully saturated rings. The highest BCUT2D eigenvalue weighted by Gasteiger charge is 2.36. The molecule has 0 spiro atoms. The Kier molecular flexibility index (Phi) is 4.10. The average Bonchev–Trinajstić information content (AvgIpc) is 2.46. The number of ether oxygens (including phenoxy) is 2. The Hall–Kier alpha value is -1.59. The number of rotatable bonds is 1. The summed E-state index contributed by atoms with van der Waals surface area (Å²) in [5.74, 6) is -0.646. The molecule has 1 aromatic rings. The van der Waals surface area contributed by atoms with Crippen LogP contribution in [0.15, 0.2) is 18.2 Å². The molecule has 22 heavy (non-hydrogen) atoms. The van der Waals surface area contributed by atoms with Crippen molar-refractivity contribution in [1.29, 1.82) is 0 Å². The van der Waals surface area contributed by atoms with Crippen LogP contribution in [0.4, 0.5) is 0 Å². The van der Waals surface area contributed by atoms with Gasteiger partial charge in [0.1, 0.15) is 0 Å². The lowest BCUT2D eigenvalue weighted by Gasteiger charge is -2.37. The van der Waals surface area contributed by atoms with E-state index in [0.717, 1.165) is 5.56 Å². The van der Waals surface area contributed by atoms with Gasteiger partial charge >= 0.3 is 5.97 Å². The van der Waals surface area contributed by atoms with E-state index in [1.165, 1.54) is 0 Å². The van der Waals surface area contributed by atoms with Crippen molar-refractivity contribution in [3.63, 3.8) is 0 Å². The van der Waals surface area contributed by atoms with Gasteiger partial charge in [-0.3, -0.25) is 4.79 Å². The number of hydrogen-bond acceptors (Lipinski definition) is 4. The Morgan fingerprint density at radius 2 is 1.95 bits per heavy atom. The van der Waals surface area contributed by atoms with Crippen LogP contribution in [0.25, 0.3) is 0 Å². The number of nitrogens with zero attached hydrogens (tertiary/aromatic N) is 1. The standard InChI is InChI=1S/C16H18ClNO4/c1-9-7-18(8-10(2)21-9)15(19)14-5-11-3-4-12(17)6-13(11)16(20)22-14/h3-4,6,9-10,14H,5,7-8H2,1-2H3/t9-,10-,14+/m1/s1. The van der Waals surface area contributed by atoms with Gasteiger partial charge in [-0.2, -0.15) is 0 Å². The molecule has 0 unspecified atom stereocenters. The van der Waals surface area contributed by atoms with E-state index < -0.39 is 12.1 Å². The third kappa shape index (κ3) is 2.96. The van der Waals surface area contributed by atoms with Gasteiger partial charge in [0, 0.05) is 24.5 Å². The van der Waals surface area contributed by atoms with Crippen LogP contribution in [0.2, 0.25) is 5.02 Å². The number of amides is 1. The lowest BCUT2D eigenvalue weighted by molar-refractivity contribution is -0.152. The Labute approximate surface area is 134 Å². The molecule has 3 atom stereocenters. The lowest BCUT2D eigenvalue weighted by Crippen LogP contribution is -2.53. The van der Waals surface area contributed by atoms with Gasteiger partial charge in [0.2, 0.25) is 0 Å². The molecule has 0 radical (unpaired) electrons. The van der Waals surface area contributed by atoms with E-state index in [9.17, 15) is 9.59 Å².